The molecule has 0 bridgehead atoms. The van der Waals surface area contributed by atoms with Gasteiger partial charge in [-0.3, -0.25) is 0 Å². The lowest BCUT2D eigenvalue weighted by atomic mass is 9.92. The highest BCUT2D eigenvalue weighted by Crippen LogP contribution is 2.27. The molecule has 0 amide bonds. The van der Waals surface area contributed by atoms with Crippen molar-refractivity contribution in [1.82, 2.24) is 4.72 Å². The van der Waals surface area contributed by atoms with Crippen LogP contribution in [0, 0.1) is 29.1 Å². The maximum Gasteiger partial charge on any atom is 0.246 e. The minimum absolute atomic E-state index is 0.315. The third-order valence-corrected chi connectivity index (χ3v) is 5.07. The van der Waals surface area contributed by atoms with Crippen LogP contribution >= 0.6 is 0 Å². The molecule has 0 radical (unpaired) electrons. The van der Waals surface area contributed by atoms with Gasteiger partial charge in [-0.1, -0.05) is 12.8 Å². The van der Waals surface area contributed by atoms with Crippen LogP contribution in [0.3, 0.4) is 0 Å². The summed E-state index contributed by atoms with van der Waals surface area (Å²) in [5.41, 5.74) is 5.70. The molecule has 10 heteroatoms. The predicted octanol–water partition coefficient (Wildman–Crippen LogP) is 1.93. The SMILES string of the molecule is NC1CCCC[C@@H]1NS(=O)(=O)c1c(F)c(F)c(F)c(F)c1F. The topological polar surface area (TPSA) is 72.2 Å². The summed E-state index contributed by atoms with van der Waals surface area (Å²) in [5.74, 6) is -11.8. The minimum Gasteiger partial charge on any atom is -0.326 e. The van der Waals surface area contributed by atoms with E-state index in [0.717, 1.165) is 6.42 Å². The van der Waals surface area contributed by atoms with Gasteiger partial charge in [0.2, 0.25) is 15.8 Å². The largest absolute Gasteiger partial charge is 0.326 e. The van der Waals surface area contributed by atoms with Crippen molar-refractivity contribution in [2.45, 2.75) is 42.7 Å². The van der Waals surface area contributed by atoms with Gasteiger partial charge in [-0.25, -0.2) is 35.1 Å². The molecule has 1 aromatic rings. The van der Waals surface area contributed by atoms with Crippen LogP contribution in [0.1, 0.15) is 25.7 Å². The monoisotopic (exact) mass is 344 g/mol. The third-order valence-electron chi connectivity index (χ3n) is 3.56. The van der Waals surface area contributed by atoms with E-state index >= 15 is 0 Å². The van der Waals surface area contributed by atoms with E-state index in [1.165, 1.54) is 0 Å². The van der Waals surface area contributed by atoms with Gasteiger partial charge in [0.25, 0.3) is 0 Å². The lowest BCUT2D eigenvalue weighted by molar-refractivity contribution is 0.348. The van der Waals surface area contributed by atoms with Gasteiger partial charge in [-0.05, 0) is 12.8 Å². The van der Waals surface area contributed by atoms with Gasteiger partial charge in [0.05, 0.1) is 0 Å². The summed E-state index contributed by atoms with van der Waals surface area (Å²) in [6, 6.07) is -1.42. The third kappa shape index (κ3) is 2.95. The van der Waals surface area contributed by atoms with Crippen molar-refractivity contribution >= 4 is 10.0 Å². The first-order chi connectivity index (χ1) is 10.2. The summed E-state index contributed by atoms with van der Waals surface area (Å²) in [6.45, 7) is 0. The van der Waals surface area contributed by atoms with E-state index in [-0.39, 0.29) is 0 Å². The summed E-state index contributed by atoms with van der Waals surface area (Å²) in [6.07, 6.45) is 2.21. The van der Waals surface area contributed by atoms with E-state index in [4.69, 9.17) is 5.73 Å². The number of hydrogen-bond donors (Lipinski definition) is 2. The Bertz CT molecular complexity index is 666. The molecule has 4 nitrogen and oxygen atoms in total. The Labute approximate surface area is 123 Å². The first-order valence-corrected chi connectivity index (χ1v) is 7.94. The summed E-state index contributed by atoms with van der Waals surface area (Å²) >= 11 is 0. The number of sulfonamides is 1. The average Bonchev–Trinajstić information content (AvgIpc) is 2.45. The van der Waals surface area contributed by atoms with E-state index in [2.05, 4.69) is 0 Å². The number of rotatable bonds is 3. The van der Waals surface area contributed by atoms with Crippen molar-refractivity contribution in [3.8, 4) is 0 Å². The molecule has 1 fully saturated rings. The smallest absolute Gasteiger partial charge is 0.246 e. The molecule has 1 aliphatic carbocycles. The first-order valence-electron chi connectivity index (χ1n) is 6.46. The predicted molar refractivity (Wildman–Crippen MR) is 66.8 cm³/mol. The fourth-order valence-electron chi connectivity index (χ4n) is 2.38. The van der Waals surface area contributed by atoms with Gasteiger partial charge >= 0.3 is 0 Å². The zero-order chi connectivity index (χ0) is 16.7. The van der Waals surface area contributed by atoms with Crippen molar-refractivity contribution in [1.29, 1.82) is 0 Å². The zero-order valence-electron chi connectivity index (χ0n) is 11.2. The van der Waals surface area contributed by atoms with E-state index < -0.39 is 56.1 Å². The normalized spacial score (nSPS) is 22.8. The van der Waals surface area contributed by atoms with Gasteiger partial charge in [-0.2, -0.15) is 0 Å². The van der Waals surface area contributed by atoms with Crippen LogP contribution in [0.2, 0.25) is 0 Å². The number of hydrogen-bond acceptors (Lipinski definition) is 3. The van der Waals surface area contributed by atoms with Crippen LogP contribution in [-0.4, -0.2) is 20.5 Å². The fraction of sp³-hybridized carbons (Fsp3) is 0.500. The van der Waals surface area contributed by atoms with Gasteiger partial charge in [0.15, 0.2) is 28.2 Å². The molecule has 2 rings (SSSR count). The summed E-state index contributed by atoms with van der Waals surface area (Å²) in [5, 5.41) is 0. The molecule has 3 N–H and O–H groups in total. The number of nitrogens with two attached hydrogens (primary N) is 1. The second-order valence-electron chi connectivity index (χ2n) is 5.08. The number of nitrogens with one attached hydrogen (secondary N) is 1. The van der Waals surface area contributed by atoms with Crippen LogP contribution in [0.4, 0.5) is 22.0 Å². The minimum atomic E-state index is -4.94. The summed E-state index contributed by atoms with van der Waals surface area (Å²) in [4.78, 5) is -1.89. The van der Waals surface area contributed by atoms with Crippen molar-refractivity contribution in [2.75, 3.05) is 0 Å². The summed E-state index contributed by atoms with van der Waals surface area (Å²) in [7, 11) is -4.94. The Morgan fingerprint density at radius 1 is 0.864 bits per heavy atom. The van der Waals surface area contributed by atoms with Gasteiger partial charge in [-0.15, -0.1) is 0 Å². The van der Waals surface area contributed by atoms with Gasteiger partial charge in [0, 0.05) is 12.1 Å². The van der Waals surface area contributed by atoms with Crippen LogP contribution in [0.5, 0.6) is 0 Å². The molecular weight excluding hydrogens is 331 g/mol. The molecule has 2 atom stereocenters. The Hall–Kier alpha value is -1.26. The van der Waals surface area contributed by atoms with Crippen molar-refractivity contribution in [3.63, 3.8) is 0 Å². The molecule has 1 aliphatic rings. The van der Waals surface area contributed by atoms with Crippen molar-refractivity contribution in [3.05, 3.63) is 29.1 Å². The number of halogens is 5. The fourth-order valence-corrected chi connectivity index (χ4v) is 3.84. The maximum absolute atomic E-state index is 13.6. The van der Waals surface area contributed by atoms with Crippen LogP contribution in [-0.2, 0) is 10.0 Å². The lowest BCUT2D eigenvalue weighted by Crippen LogP contribution is -2.49. The molecule has 0 aromatic heterocycles. The van der Waals surface area contributed by atoms with Crippen LogP contribution in [0.15, 0.2) is 4.90 Å². The first kappa shape index (κ1) is 17.1. The molecule has 1 aromatic carbocycles. The molecule has 0 spiro atoms. The van der Waals surface area contributed by atoms with Crippen LogP contribution in [0.25, 0.3) is 0 Å². The Morgan fingerprint density at radius 2 is 1.32 bits per heavy atom. The van der Waals surface area contributed by atoms with E-state index in [1.807, 2.05) is 4.72 Å². The Balaban J connectivity index is 2.46. The molecule has 0 aliphatic heterocycles. The number of benzene rings is 1. The van der Waals surface area contributed by atoms with E-state index in [1.54, 1.807) is 0 Å². The highest BCUT2D eigenvalue weighted by Gasteiger charge is 2.36. The standard InChI is InChI=1S/C12H13F5N2O2S/c13-7-8(14)10(16)12(11(17)9(7)15)22(20,21)19-6-4-2-1-3-5(6)18/h5-6,19H,1-4,18H2/t5?,6-/m0/s1. The molecule has 22 heavy (non-hydrogen) atoms. The molecule has 0 heterocycles. The molecule has 124 valence electrons. The van der Waals surface area contributed by atoms with Crippen molar-refractivity contribution < 1.29 is 30.4 Å². The molecule has 1 unspecified atom stereocenters. The zero-order valence-corrected chi connectivity index (χ0v) is 12.0. The Morgan fingerprint density at radius 3 is 1.82 bits per heavy atom. The second-order valence-corrected chi connectivity index (χ2v) is 6.73. The molecule has 1 saturated carbocycles. The van der Waals surface area contributed by atoms with E-state index in [0.29, 0.717) is 19.3 Å². The van der Waals surface area contributed by atoms with E-state index in [9.17, 15) is 30.4 Å². The highest BCUT2D eigenvalue weighted by molar-refractivity contribution is 7.89. The second kappa shape index (κ2) is 6.09. The van der Waals surface area contributed by atoms with Gasteiger partial charge < -0.3 is 5.73 Å². The molecular formula is C12H13F5N2O2S. The van der Waals surface area contributed by atoms with Crippen LogP contribution < -0.4 is 10.5 Å². The highest BCUT2D eigenvalue weighted by atomic mass is 32.2. The average molecular weight is 344 g/mol. The lowest BCUT2D eigenvalue weighted by Gasteiger charge is -2.29. The van der Waals surface area contributed by atoms with Gasteiger partial charge in [0.1, 0.15) is 0 Å². The maximum atomic E-state index is 13.6. The Kier molecular flexibility index (Phi) is 4.73. The summed E-state index contributed by atoms with van der Waals surface area (Å²) < 4.78 is 92.3. The van der Waals surface area contributed by atoms with Crippen molar-refractivity contribution in [2.24, 2.45) is 5.73 Å². The quantitative estimate of drug-likeness (QED) is 0.500. The molecule has 0 saturated heterocycles.